The highest BCUT2D eigenvalue weighted by Crippen LogP contribution is 2.16. The second-order valence-corrected chi connectivity index (χ2v) is 3.50. The number of halogens is 1. The zero-order valence-corrected chi connectivity index (χ0v) is 8.04. The van der Waals surface area contributed by atoms with Crippen molar-refractivity contribution in [2.45, 2.75) is 6.54 Å². The first-order valence-electron chi connectivity index (χ1n) is 3.28. The van der Waals surface area contributed by atoms with Crippen LogP contribution in [0.5, 0.6) is 0 Å². The van der Waals surface area contributed by atoms with Gasteiger partial charge in [0.05, 0.1) is 7.11 Å². The van der Waals surface area contributed by atoms with E-state index in [9.17, 15) is 4.79 Å². The lowest BCUT2D eigenvalue weighted by Crippen LogP contribution is -1.97. The van der Waals surface area contributed by atoms with Gasteiger partial charge < -0.3 is 4.74 Å². The van der Waals surface area contributed by atoms with Gasteiger partial charge in [0, 0.05) is 11.4 Å². The summed E-state index contributed by atoms with van der Waals surface area (Å²) in [6.45, 7) is 0.559. The van der Waals surface area contributed by atoms with Crippen molar-refractivity contribution in [1.82, 2.24) is 4.84 Å². The van der Waals surface area contributed by atoms with Crippen LogP contribution in [0.15, 0.2) is 12.1 Å². The van der Waals surface area contributed by atoms with Gasteiger partial charge >= 0.3 is 5.97 Å². The van der Waals surface area contributed by atoms with Crippen molar-refractivity contribution in [3.63, 3.8) is 0 Å². The molecule has 1 rings (SSSR count). The molecule has 1 aromatic heterocycles. The summed E-state index contributed by atoms with van der Waals surface area (Å²) in [6, 6.07) is 3.56. The number of hydrogen-bond acceptors (Lipinski definition) is 4. The smallest absolute Gasteiger partial charge is 0.348 e. The van der Waals surface area contributed by atoms with Crippen LogP contribution in [0.4, 0.5) is 0 Å². The molecule has 0 atom stereocenters. The Bertz CT molecular complexity index is 274. The molecule has 0 aliphatic rings. The highest BCUT2D eigenvalue weighted by molar-refractivity contribution is 7.13. The van der Waals surface area contributed by atoms with Crippen LogP contribution in [-0.4, -0.2) is 13.1 Å². The van der Waals surface area contributed by atoms with Gasteiger partial charge in [0.25, 0.3) is 0 Å². The van der Waals surface area contributed by atoms with Gasteiger partial charge in [0.15, 0.2) is 0 Å². The molecular weight excluding hydrogens is 198 g/mol. The predicted molar refractivity (Wildman–Crippen MR) is 48.4 cm³/mol. The molecule has 0 radical (unpaired) electrons. The third-order valence-corrected chi connectivity index (χ3v) is 2.49. The molecule has 1 N–H and O–H groups in total. The van der Waals surface area contributed by atoms with Crippen LogP contribution in [-0.2, 0) is 11.3 Å². The zero-order valence-electron chi connectivity index (χ0n) is 6.46. The topological polar surface area (TPSA) is 38.3 Å². The van der Waals surface area contributed by atoms with Gasteiger partial charge in [0.1, 0.15) is 4.88 Å². The van der Waals surface area contributed by atoms with E-state index in [0.29, 0.717) is 11.4 Å². The summed E-state index contributed by atoms with van der Waals surface area (Å²) in [7, 11) is 1.36. The molecule has 0 spiro atoms. The Hall–Kier alpha value is -0.580. The van der Waals surface area contributed by atoms with Gasteiger partial charge in [-0.3, -0.25) is 0 Å². The van der Waals surface area contributed by atoms with E-state index in [2.05, 4.69) is 9.57 Å². The molecule has 0 fully saturated rings. The lowest BCUT2D eigenvalue weighted by Gasteiger charge is -1.92. The van der Waals surface area contributed by atoms with Crippen molar-refractivity contribution in [3.05, 3.63) is 21.9 Å². The minimum absolute atomic E-state index is 0.305. The van der Waals surface area contributed by atoms with Crippen molar-refractivity contribution >= 4 is 29.1 Å². The molecule has 1 heterocycles. The van der Waals surface area contributed by atoms with Crippen LogP contribution in [0.3, 0.4) is 0 Å². The Labute approximate surface area is 79.4 Å². The summed E-state index contributed by atoms with van der Waals surface area (Å²) in [5.41, 5.74) is 0. The van der Waals surface area contributed by atoms with Crippen molar-refractivity contribution in [2.24, 2.45) is 0 Å². The SMILES string of the molecule is COC(=O)c1ccc(CNCl)s1. The Balaban J connectivity index is 2.70. The van der Waals surface area contributed by atoms with Crippen LogP contribution < -0.4 is 4.84 Å². The second kappa shape index (κ2) is 4.45. The van der Waals surface area contributed by atoms with Gasteiger partial charge in [-0.15, -0.1) is 11.3 Å². The largest absolute Gasteiger partial charge is 0.465 e. The van der Waals surface area contributed by atoms with Crippen molar-refractivity contribution in [1.29, 1.82) is 0 Å². The van der Waals surface area contributed by atoms with E-state index in [1.54, 1.807) is 6.07 Å². The minimum Gasteiger partial charge on any atom is -0.465 e. The summed E-state index contributed by atoms with van der Waals surface area (Å²) in [5, 5.41) is 0. The summed E-state index contributed by atoms with van der Waals surface area (Å²) in [6.07, 6.45) is 0. The number of ether oxygens (including phenoxy) is 1. The number of carbonyl (C=O) groups is 1. The lowest BCUT2D eigenvalue weighted by molar-refractivity contribution is 0.0606. The average Bonchev–Trinajstić information content (AvgIpc) is 2.52. The van der Waals surface area contributed by atoms with E-state index in [1.807, 2.05) is 6.07 Å². The number of thiophene rings is 1. The number of carbonyl (C=O) groups excluding carboxylic acids is 1. The zero-order chi connectivity index (χ0) is 8.97. The van der Waals surface area contributed by atoms with E-state index >= 15 is 0 Å². The third kappa shape index (κ3) is 2.20. The summed E-state index contributed by atoms with van der Waals surface area (Å²) < 4.78 is 4.55. The normalized spacial score (nSPS) is 9.83. The van der Waals surface area contributed by atoms with Crippen LogP contribution in [0.25, 0.3) is 0 Å². The Morgan fingerprint density at radius 2 is 2.50 bits per heavy atom. The molecule has 66 valence electrons. The quantitative estimate of drug-likeness (QED) is 0.604. The number of hydrogen-bond donors (Lipinski definition) is 1. The maximum absolute atomic E-state index is 11.0. The first-order chi connectivity index (χ1) is 5.77. The van der Waals surface area contributed by atoms with E-state index < -0.39 is 0 Å². The van der Waals surface area contributed by atoms with Crippen LogP contribution in [0.2, 0.25) is 0 Å². The van der Waals surface area contributed by atoms with E-state index in [4.69, 9.17) is 11.8 Å². The second-order valence-electron chi connectivity index (χ2n) is 2.07. The maximum Gasteiger partial charge on any atom is 0.348 e. The molecule has 0 amide bonds. The molecule has 0 aliphatic carbocycles. The van der Waals surface area contributed by atoms with E-state index in [1.165, 1.54) is 18.4 Å². The number of esters is 1. The number of nitrogens with one attached hydrogen (secondary N) is 1. The predicted octanol–water partition coefficient (Wildman–Crippen LogP) is 1.78. The highest BCUT2D eigenvalue weighted by Gasteiger charge is 2.07. The molecule has 1 aromatic rings. The summed E-state index contributed by atoms with van der Waals surface area (Å²) in [5.74, 6) is -0.305. The van der Waals surface area contributed by atoms with E-state index in [-0.39, 0.29) is 5.97 Å². The molecule has 0 aromatic carbocycles. The fraction of sp³-hybridized carbons (Fsp3) is 0.286. The Morgan fingerprint density at radius 3 is 3.08 bits per heavy atom. The molecule has 0 saturated heterocycles. The standard InChI is InChI=1S/C7H8ClNO2S/c1-11-7(10)6-3-2-5(12-6)4-9-8/h2-3,9H,4H2,1H3. The maximum atomic E-state index is 11.0. The monoisotopic (exact) mass is 205 g/mol. The van der Waals surface area contributed by atoms with Gasteiger partial charge in [-0.25, -0.2) is 9.63 Å². The Kier molecular flexibility index (Phi) is 3.52. The van der Waals surface area contributed by atoms with Crippen LogP contribution in [0, 0.1) is 0 Å². The number of methoxy groups -OCH3 is 1. The van der Waals surface area contributed by atoms with Gasteiger partial charge in [0.2, 0.25) is 0 Å². The molecule has 3 nitrogen and oxygen atoms in total. The molecule has 0 saturated carbocycles. The van der Waals surface area contributed by atoms with E-state index in [0.717, 1.165) is 4.88 Å². The lowest BCUT2D eigenvalue weighted by atomic mass is 10.4. The summed E-state index contributed by atoms with van der Waals surface area (Å²) in [4.78, 5) is 15.1. The molecule has 12 heavy (non-hydrogen) atoms. The van der Waals surface area contributed by atoms with Gasteiger partial charge in [-0.05, 0) is 23.9 Å². The van der Waals surface area contributed by atoms with Gasteiger partial charge in [-0.2, -0.15) is 0 Å². The molecule has 0 aliphatic heterocycles. The van der Waals surface area contributed by atoms with Crippen molar-refractivity contribution < 1.29 is 9.53 Å². The van der Waals surface area contributed by atoms with Crippen molar-refractivity contribution in [2.75, 3.05) is 7.11 Å². The highest BCUT2D eigenvalue weighted by atomic mass is 35.5. The number of rotatable bonds is 3. The van der Waals surface area contributed by atoms with Crippen LogP contribution >= 0.6 is 23.1 Å². The third-order valence-electron chi connectivity index (χ3n) is 1.29. The summed E-state index contributed by atoms with van der Waals surface area (Å²) >= 11 is 6.67. The first-order valence-corrected chi connectivity index (χ1v) is 4.48. The van der Waals surface area contributed by atoms with Crippen LogP contribution in [0.1, 0.15) is 14.5 Å². The molecule has 5 heteroatoms. The molecule has 0 unspecified atom stereocenters. The first kappa shape index (κ1) is 9.51. The Morgan fingerprint density at radius 1 is 1.75 bits per heavy atom. The van der Waals surface area contributed by atoms with Crippen molar-refractivity contribution in [3.8, 4) is 0 Å². The fourth-order valence-corrected chi connectivity index (χ4v) is 1.84. The molecular formula is C7H8ClNO2S. The molecule has 0 bridgehead atoms. The fourth-order valence-electron chi connectivity index (χ4n) is 0.749. The average molecular weight is 206 g/mol. The van der Waals surface area contributed by atoms with Gasteiger partial charge in [-0.1, -0.05) is 0 Å². The minimum atomic E-state index is -0.305.